The van der Waals surface area contributed by atoms with Crippen LogP contribution >= 0.6 is 0 Å². The van der Waals surface area contributed by atoms with E-state index in [0.717, 1.165) is 16.6 Å². The molecule has 0 aliphatic rings. The Kier molecular flexibility index (Phi) is 5.83. The first kappa shape index (κ1) is 22.7. The third-order valence-corrected chi connectivity index (χ3v) is 5.61. The number of anilines is 1. The van der Waals surface area contributed by atoms with Crippen molar-refractivity contribution in [2.24, 2.45) is 0 Å². The zero-order valence-electron chi connectivity index (χ0n) is 19.3. The highest BCUT2D eigenvalue weighted by Gasteiger charge is 2.22. The van der Waals surface area contributed by atoms with E-state index < -0.39 is 10.8 Å². The van der Waals surface area contributed by atoms with Crippen molar-refractivity contribution in [1.82, 2.24) is 9.97 Å². The van der Waals surface area contributed by atoms with Crippen LogP contribution in [0.1, 0.15) is 10.6 Å². The summed E-state index contributed by atoms with van der Waals surface area (Å²) in [6.07, 6.45) is 0. The molecule has 0 fully saturated rings. The second-order valence-corrected chi connectivity index (χ2v) is 7.78. The van der Waals surface area contributed by atoms with E-state index in [0.29, 0.717) is 23.0 Å². The number of fused-ring (bicyclic) bond motifs is 1. The minimum absolute atomic E-state index is 0.0219. The summed E-state index contributed by atoms with van der Waals surface area (Å²) in [7, 11) is 2.92. The van der Waals surface area contributed by atoms with Gasteiger partial charge in [-0.15, -0.1) is 0 Å². The standard InChI is InChI=1S/C26H20N4O6/c1-34-16-8-9-17(21(14-16)30(32)33)22-11-12-24(36-22)26(31)29-20-13-15(7-10-23(20)35-2)25-27-18-5-3-4-6-19(18)28-25/h3-14H,1-2H3,(H,27,28)(H,29,31). The number of carbonyl (C=O) groups is 1. The van der Waals surface area contributed by atoms with Crippen LogP contribution in [0.3, 0.4) is 0 Å². The number of H-pyrrole nitrogens is 1. The highest BCUT2D eigenvalue weighted by atomic mass is 16.6. The predicted octanol–water partition coefficient (Wildman–Crippen LogP) is 5.67. The molecular weight excluding hydrogens is 464 g/mol. The molecule has 0 atom stereocenters. The van der Waals surface area contributed by atoms with Crippen LogP contribution in [0.15, 0.2) is 77.2 Å². The largest absolute Gasteiger partial charge is 0.497 e. The number of nitrogens with zero attached hydrogens (tertiary/aromatic N) is 2. The van der Waals surface area contributed by atoms with Crippen LogP contribution in [0, 0.1) is 10.1 Å². The zero-order chi connectivity index (χ0) is 25.2. The first-order valence-electron chi connectivity index (χ1n) is 10.8. The van der Waals surface area contributed by atoms with Crippen LogP contribution in [0.25, 0.3) is 33.7 Å². The van der Waals surface area contributed by atoms with Crippen molar-refractivity contribution in [3.05, 3.63) is 88.7 Å². The average Bonchev–Trinajstić information content (AvgIpc) is 3.56. The minimum Gasteiger partial charge on any atom is -0.497 e. The van der Waals surface area contributed by atoms with E-state index in [2.05, 4.69) is 15.3 Å². The molecule has 0 radical (unpaired) electrons. The van der Waals surface area contributed by atoms with Gasteiger partial charge in [-0.05, 0) is 54.6 Å². The van der Waals surface area contributed by atoms with Gasteiger partial charge in [-0.2, -0.15) is 0 Å². The number of imidazole rings is 1. The Morgan fingerprint density at radius 1 is 1.03 bits per heavy atom. The van der Waals surface area contributed by atoms with Crippen LogP contribution in [-0.4, -0.2) is 35.0 Å². The number of para-hydroxylation sites is 2. The summed E-state index contributed by atoms with van der Waals surface area (Å²) in [5.74, 6) is 1.04. The molecule has 3 aromatic carbocycles. The number of benzene rings is 3. The quantitative estimate of drug-likeness (QED) is 0.225. The summed E-state index contributed by atoms with van der Waals surface area (Å²) >= 11 is 0. The van der Waals surface area contributed by atoms with E-state index in [1.54, 1.807) is 18.2 Å². The number of nitro benzene ring substituents is 1. The number of nitrogens with one attached hydrogen (secondary N) is 2. The highest BCUT2D eigenvalue weighted by Crippen LogP contribution is 2.35. The van der Waals surface area contributed by atoms with Gasteiger partial charge >= 0.3 is 0 Å². The monoisotopic (exact) mass is 484 g/mol. The van der Waals surface area contributed by atoms with Gasteiger partial charge in [0.2, 0.25) is 0 Å². The Morgan fingerprint density at radius 3 is 2.61 bits per heavy atom. The van der Waals surface area contributed by atoms with Gasteiger partial charge in [0, 0.05) is 5.56 Å². The maximum Gasteiger partial charge on any atom is 0.291 e. The Labute approximate surface area is 204 Å². The molecule has 2 heterocycles. The SMILES string of the molecule is COc1ccc(-c2ccc(C(=O)Nc3cc(-c4nc5ccccc5[nH]4)ccc3OC)o2)c([N+](=O)[O-])c1. The Bertz CT molecular complexity index is 1570. The molecule has 0 saturated heterocycles. The molecule has 0 aliphatic carbocycles. The maximum atomic E-state index is 13.0. The van der Waals surface area contributed by atoms with Gasteiger partial charge in [-0.3, -0.25) is 14.9 Å². The van der Waals surface area contributed by atoms with Crippen molar-refractivity contribution in [1.29, 1.82) is 0 Å². The molecule has 10 heteroatoms. The number of hydrogen-bond acceptors (Lipinski definition) is 7. The molecule has 10 nitrogen and oxygen atoms in total. The van der Waals surface area contributed by atoms with Gasteiger partial charge in [-0.1, -0.05) is 12.1 Å². The molecule has 5 aromatic rings. The Morgan fingerprint density at radius 2 is 1.86 bits per heavy atom. The number of aromatic nitrogens is 2. The van der Waals surface area contributed by atoms with Crippen molar-refractivity contribution in [2.45, 2.75) is 0 Å². The van der Waals surface area contributed by atoms with Crippen LogP contribution in [-0.2, 0) is 0 Å². The number of amides is 1. The van der Waals surface area contributed by atoms with Crippen LogP contribution in [0.5, 0.6) is 11.5 Å². The van der Waals surface area contributed by atoms with Gasteiger partial charge in [0.15, 0.2) is 5.76 Å². The lowest BCUT2D eigenvalue weighted by molar-refractivity contribution is -0.384. The Hall–Kier alpha value is -5.12. The van der Waals surface area contributed by atoms with Crippen molar-refractivity contribution < 1.29 is 23.6 Å². The summed E-state index contributed by atoms with van der Waals surface area (Å²) in [5.41, 5.74) is 2.90. The third-order valence-electron chi connectivity index (χ3n) is 5.61. The Balaban J connectivity index is 1.43. The molecule has 180 valence electrons. The number of hydrogen-bond donors (Lipinski definition) is 2. The van der Waals surface area contributed by atoms with E-state index in [9.17, 15) is 14.9 Å². The molecule has 1 amide bonds. The summed E-state index contributed by atoms with van der Waals surface area (Å²) < 4.78 is 16.2. The normalized spacial score (nSPS) is 10.8. The predicted molar refractivity (Wildman–Crippen MR) is 133 cm³/mol. The van der Waals surface area contributed by atoms with Gasteiger partial charge in [0.05, 0.1) is 47.5 Å². The first-order valence-corrected chi connectivity index (χ1v) is 10.8. The van der Waals surface area contributed by atoms with Gasteiger partial charge in [0.25, 0.3) is 11.6 Å². The average molecular weight is 484 g/mol. The summed E-state index contributed by atoms with van der Waals surface area (Å²) in [6.45, 7) is 0. The van der Waals surface area contributed by atoms with E-state index >= 15 is 0 Å². The summed E-state index contributed by atoms with van der Waals surface area (Å²) in [4.78, 5) is 31.8. The van der Waals surface area contributed by atoms with Crippen molar-refractivity contribution >= 4 is 28.3 Å². The summed E-state index contributed by atoms with van der Waals surface area (Å²) in [5, 5.41) is 14.3. The van der Waals surface area contributed by atoms with Gasteiger partial charge in [-0.25, -0.2) is 4.98 Å². The van der Waals surface area contributed by atoms with Crippen LogP contribution in [0.2, 0.25) is 0 Å². The highest BCUT2D eigenvalue weighted by molar-refractivity contribution is 6.04. The van der Waals surface area contributed by atoms with Crippen LogP contribution in [0.4, 0.5) is 11.4 Å². The molecule has 0 bridgehead atoms. The number of rotatable bonds is 7. The molecule has 5 rings (SSSR count). The molecule has 2 aromatic heterocycles. The van der Waals surface area contributed by atoms with E-state index in [1.807, 2.05) is 30.3 Å². The maximum absolute atomic E-state index is 13.0. The lowest BCUT2D eigenvalue weighted by Gasteiger charge is -2.11. The number of carbonyl (C=O) groups excluding carboxylic acids is 1. The number of ether oxygens (including phenoxy) is 2. The first-order chi connectivity index (χ1) is 17.5. The second kappa shape index (κ2) is 9.26. The smallest absolute Gasteiger partial charge is 0.291 e. The molecule has 0 spiro atoms. The molecule has 0 unspecified atom stereocenters. The minimum atomic E-state index is -0.544. The number of methoxy groups -OCH3 is 2. The number of furan rings is 1. The van der Waals surface area contributed by atoms with E-state index in [1.165, 1.54) is 38.5 Å². The lowest BCUT2D eigenvalue weighted by Crippen LogP contribution is -2.12. The molecule has 0 saturated carbocycles. The molecule has 2 N–H and O–H groups in total. The topological polar surface area (TPSA) is 133 Å². The molecule has 36 heavy (non-hydrogen) atoms. The molecule has 0 aliphatic heterocycles. The summed E-state index contributed by atoms with van der Waals surface area (Å²) in [6, 6.07) is 20.3. The lowest BCUT2D eigenvalue weighted by atomic mass is 10.1. The number of aromatic amines is 1. The van der Waals surface area contributed by atoms with Gasteiger partial charge < -0.3 is 24.2 Å². The fourth-order valence-electron chi connectivity index (χ4n) is 3.83. The second-order valence-electron chi connectivity index (χ2n) is 7.78. The van der Waals surface area contributed by atoms with E-state index in [-0.39, 0.29) is 22.8 Å². The third kappa shape index (κ3) is 4.23. The number of nitro groups is 1. The fraction of sp³-hybridized carbons (Fsp3) is 0.0769. The van der Waals surface area contributed by atoms with Crippen molar-refractivity contribution in [3.63, 3.8) is 0 Å². The van der Waals surface area contributed by atoms with Crippen molar-refractivity contribution in [3.8, 4) is 34.2 Å². The van der Waals surface area contributed by atoms with E-state index in [4.69, 9.17) is 13.9 Å². The van der Waals surface area contributed by atoms with Crippen LogP contribution < -0.4 is 14.8 Å². The zero-order valence-corrected chi connectivity index (χ0v) is 19.3. The van der Waals surface area contributed by atoms with Crippen molar-refractivity contribution in [2.75, 3.05) is 19.5 Å². The van der Waals surface area contributed by atoms with Gasteiger partial charge in [0.1, 0.15) is 23.1 Å². The fourth-order valence-corrected chi connectivity index (χ4v) is 3.83. The molecular formula is C26H20N4O6.